The molecule has 2 heterocycles. The van der Waals surface area contributed by atoms with E-state index in [1.165, 1.54) is 4.31 Å². The van der Waals surface area contributed by atoms with E-state index in [4.69, 9.17) is 4.18 Å². The Kier molecular flexibility index (Phi) is 2.27. The van der Waals surface area contributed by atoms with Gasteiger partial charge in [-0.05, 0) is 18.4 Å². The highest BCUT2D eigenvalue weighted by Gasteiger charge is 2.57. The molecule has 2 saturated heterocycles. The van der Waals surface area contributed by atoms with Crippen LogP contribution in [-0.2, 0) is 14.5 Å². The summed E-state index contributed by atoms with van der Waals surface area (Å²) in [6.07, 6.45) is 1.70. The van der Waals surface area contributed by atoms with E-state index in [2.05, 4.69) is 0 Å². The van der Waals surface area contributed by atoms with Crippen molar-refractivity contribution < 1.29 is 12.6 Å². The molecule has 0 bridgehead atoms. The third kappa shape index (κ3) is 1.55. The van der Waals surface area contributed by atoms with Crippen molar-refractivity contribution >= 4 is 10.3 Å². The molecule has 0 amide bonds. The Labute approximate surface area is 95.1 Å². The van der Waals surface area contributed by atoms with Gasteiger partial charge in [0.05, 0.1) is 12.6 Å². The smallest absolute Gasteiger partial charge is 0.258 e. The number of hydrogen-bond donors (Lipinski definition) is 0. The maximum Gasteiger partial charge on any atom is 0.339 e. The minimum absolute atomic E-state index is 0.00787. The molecule has 1 aromatic carbocycles. The van der Waals surface area contributed by atoms with Crippen LogP contribution < -0.4 is 0 Å². The topological polar surface area (TPSA) is 46.4 Å². The van der Waals surface area contributed by atoms with Gasteiger partial charge in [0.25, 0.3) is 0 Å². The molecule has 0 radical (unpaired) electrons. The van der Waals surface area contributed by atoms with Gasteiger partial charge in [-0.1, -0.05) is 30.3 Å². The SMILES string of the molecule is O=S1(=O)OCCCC2C(c3ccccc3)N21. The van der Waals surface area contributed by atoms with Crippen molar-refractivity contribution in [1.29, 1.82) is 0 Å². The number of nitrogens with zero attached hydrogens (tertiary/aromatic N) is 1. The van der Waals surface area contributed by atoms with Crippen LogP contribution in [0.2, 0.25) is 0 Å². The molecule has 0 N–H and O–H groups in total. The molecular weight excluding hydrogens is 226 g/mol. The Morgan fingerprint density at radius 1 is 1.25 bits per heavy atom. The summed E-state index contributed by atoms with van der Waals surface area (Å²) in [5.74, 6) is 0. The first-order chi connectivity index (χ1) is 7.70. The molecule has 3 rings (SSSR count). The lowest BCUT2D eigenvalue weighted by Crippen LogP contribution is -2.15. The minimum atomic E-state index is -3.49. The summed E-state index contributed by atoms with van der Waals surface area (Å²) in [6, 6.07) is 9.83. The van der Waals surface area contributed by atoms with Gasteiger partial charge in [-0.15, -0.1) is 0 Å². The fourth-order valence-electron chi connectivity index (χ4n) is 2.38. The molecular formula is C11H13NO3S. The summed E-state index contributed by atoms with van der Waals surface area (Å²) < 4.78 is 29.8. The molecule has 3 unspecified atom stereocenters. The molecule has 0 aromatic heterocycles. The largest absolute Gasteiger partial charge is 0.339 e. The lowest BCUT2D eigenvalue weighted by atomic mass is 10.1. The number of fused-ring (bicyclic) bond motifs is 1. The van der Waals surface area contributed by atoms with Gasteiger partial charge in [0, 0.05) is 6.04 Å². The first kappa shape index (κ1) is 10.3. The molecule has 16 heavy (non-hydrogen) atoms. The van der Waals surface area contributed by atoms with E-state index in [9.17, 15) is 8.42 Å². The maximum absolute atomic E-state index is 11.7. The van der Waals surface area contributed by atoms with E-state index in [1.54, 1.807) is 0 Å². The van der Waals surface area contributed by atoms with E-state index in [-0.39, 0.29) is 12.1 Å². The molecule has 0 aliphatic carbocycles. The summed E-state index contributed by atoms with van der Waals surface area (Å²) in [6.45, 7) is 0.316. The van der Waals surface area contributed by atoms with Gasteiger partial charge in [0.1, 0.15) is 0 Å². The van der Waals surface area contributed by atoms with Crippen LogP contribution in [0.25, 0.3) is 0 Å². The first-order valence-corrected chi connectivity index (χ1v) is 6.79. The number of rotatable bonds is 1. The average Bonchev–Trinajstić information content (AvgIpc) is 3.01. The van der Waals surface area contributed by atoms with E-state index in [1.807, 2.05) is 30.3 Å². The summed E-state index contributed by atoms with van der Waals surface area (Å²) in [5.41, 5.74) is 1.06. The van der Waals surface area contributed by atoms with Gasteiger partial charge in [-0.25, -0.2) is 0 Å². The van der Waals surface area contributed by atoms with Crippen LogP contribution in [0.15, 0.2) is 30.3 Å². The van der Waals surface area contributed by atoms with E-state index in [0.29, 0.717) is 6.61 Å². The van der Waals surface area contributed by atoms with Crippen molar-refractivity contribution in [3.63, 3.8) is 0 Å². The third-order valence-corrected chi connectivity index (χ3v) is 4.63. The van der Waals surface area contributed by atoms with Crippen molar-refractivity contribution in [2.24, 2.45) is 0 Å². The van der Waals surface area contributed by atoms with Crippen molar-refractivity contribution in [2.75, 3.05) is 6.61 Å². The Hall–Kier alpha value is -0.910. The zero-order valence-electron chi connectivity index (χ0n) is 8.74. The van der Waals surface area contributed by atoms with Crippen molar-refractivity contribution in [2.45, 2.75) is 24.9 Å². The molecule has 1 aromatic rings. The summed E-state index contributed by atoms with van der Waals surface area (Å²) in [7, 11) is -3.49. The van der Waals surface area contributed by atoms with Crippen molar-refractivity contribution in [3.05, 3.63) is 35.9 Å². The highest BCUT2D eigenvalue weighted by atomic mass is 32.2. The summed E-state index contributed by atoms with van der Waals surface area (Å²) >= 11 is 0. The molecule has 2 fully saturated rings. The van der Waals surface area contributed by atoms with Crippen molar-refractivity contribution in [3.8, 4) is 0 Å². The highest BCUT2D eigenvalue weighted by molar-refractivity contribution is 7.84. The van der Waals surface area contributed by atoms with Crippen LogP contribution in [0.1, 0.15) is 24.4 Å². The van der Waals surface area contributed by atoms with E-state index in [0.717, 1.165) is 18.4 Å². The molecule has 3 atom stereocenters. The zero-order chi connectivity index (χ0) is 11.2. The van der Waals surface area contributed by atoms with E-state index >= 15 is 0 Å². The molecule has 0 saturated carbocycles. The van der Waals surface area contributed by atoms with Crippen LogP contribution in [0.4, 0.5) is 0 Å². The van der Waals surface area contributed by atoms with Crippen LogP contribution >= 0.6 is 0 Å². The molecule has 86 valence electrons. The summed E-state index contributed by atoms with van der Waals surface area (Å²) in [4.78, 5) is 0. The monoisotopic (exact) mass is 239 g/mol. The average molecular weight is 239 g/mol. The molecule has 5 heteroatoms. The van der Waals surface area contributed by atoms with Gasteiger partial charge in [-0.3, -0.25) is 4.18 Å². The van der Waals surface area contributed by atoms with E-state index < -0.39 is 10.3 Å². The Balaban J connectivity index is 1.92. The van der Waals surface area contributed by atoms with Gasteiger partial charge < -0.3 is 0 Å². The highest BCUT2D eigenvalue weighted by Crippen LogP contribution is 2.49. The van der Waals surface area contributed by atoms with Crippen LogP contribution in [-0.4, -0.2) is 25.4 Å². The standard InChI is InChI=1S/C11H13NO3S/c13-16(14)12-10(7-4-8-15-16)11(12)9-5-2-1-3-6-9/h1-3,5-6,10-11H,4,7-8H2. The molecule has 2 aliphatic heterocycles. The normalized spacial score (nSPS) is 36.1. The van der Waals surface area contributed by atoms with Crippen LogP contribution in [0.3, 0.4) is 0 Å². The third-order valence-electron chi connectivity index (χ3n) is 3.15. The fraction of sp³-hybridized carbons (Fsp3) is 0.455. The van der Waals surface area contributed by atoms with Gasteiger partial charge in [-0.2, -0.15) is 12.7 Å². The lowest BCUT2D eigenvalue weighted by Gasteiger charge is -2.05. The predicted octanol–water partition coefficient (Wildman–Crippen LogP) is 1.47. The lowest BCUT2D eigenvalue weighted by molar-refractivity contribution is 0.303. The second-order valence-corrected chi connectivity index (χ2v) is 5.69. The zero-order valence-corrected chi connectivity index (χ0v) is 9.56. The Bertz CT molecular complexity index is 485. The predicted molar refractivity (Wildman–Crippen MR) is 58.9 cm³/mol. The maximum atomic E-state index is 11.7. The van der Waals surface area contributed by atoms with Gasteiger partial charge >= 0.3 is 10.3 Å². The van der Waals surface area contributed by atoms with Gasteiger partial charge in [0.15, 0.2) is 0 Å². The van der Waals surface area contributed by atoms with Crippen molar-refractivity contribution in [1.82, 2.24) is 4.31 Å². The van der Waals surface area contributed by atoms with Crippen LogP contribution in [0, 0.1) is 0 Å². The fourth-order valence-corrected chi connectivity index (χ4v) is 3.87. The molecule has 2 aliphatic rings. The number of hydrogen-bond acceptors (Lipinski definition) is 3. The summed E-state index contributed by atoms with van der Waals surface area (Å²) in [5, 5.41) is 0. The molecule has 4 nitrogen and oxygen atoms in total. The minimum Gasteiger partial charge on any atom is -0.258 e. The first-order valence-electron chi connectivity index (χ1n) is 5.43. The van der Waals surface area contributed by atoms with Gasteiger partial charge in [0.2, 0.25) is 0 Å². The second kappa shape index (κ2) is 3.55. The van der Waals surface area contributed by atoms with Crippen LogP contribution in [0.5, 0.6) is 0 Å². The number of benzene rings is 1. The Morgan fingerprint density at radius 3 is 2.75 bits per heavy atom. The molecule has 0 spiro atoms. The second-order valence-electron chi connectivity index (χ2n) is 4.17. The Morgan fingerprint density at radius 2 is 2.00 bits per heavy atom. The quantitative estimate of drug-likeness (QED) is 0.697.